The summed E-state index contributed by atoms with van der Waals surface area (Å²) in [5.41, 5.74) is -3.84. The minimum Gasteiger partial charge on any atom is -0.335 e. The van der Waals surface area contributed by atoms with Gasteiger partial charge in [0.2, 0.25) is 11.6 Å². The van der Waals surface area contributed by atoms with Crippen LogP contribution in [-0.4, -0.2) is 52.7 Å². The number of rotatable bonds is 3. The fourth-order valence-electron chi connectivity index (χ4n) is 3.90. The molecule has 27 heavy (non-hydrogen) atoms. The third-order valence-electron chi connectivity index (χ3n) is 5.32. The van der Waals surface area contributed by atoms with Crippen LogP contribution in [0.1, 0.15) is 15.3 Å². The second kappa shape index (κ2) is 6.09. The summed E-state index contributed by atoms with van der Waals surface area (Å²) in [6, 6.07) is 5.14. The number of halogens is 2. The van der Waals surface area contributed by atoms with Gasteiger partial charge in [-0.1, -0.05) is 0 Å². The van der Waals surface area contributed by atoms with Crippen molar-refractivity contribution in [2.75, 3.05) is 24.5 Å². The quantitative estimate of drug-likeness (QED) is 0.808. The van der Waals surface area contributed by atoms with Crippen molar-refractivity contribution < 1.29 is 18.4 Å². The molecule has 0 aliphatic carbocycles. The summed E-state index contributed by atoms with van der Waals surface area (Å²) >= 11 is 1.48. The molecule has 4 heterocycles. The topological polar surface area (TPSA) is 53.5 Å². The molecular weight excluding hydrogens is 372 g/mol. The van der Waals surface area contributed by atoms with Crippen LogP contribution in [0.25, 0.3) is 0 Å². The molecule has 5 nitrogen and oxygen atoms in total. The number of carbonyl (C=O) groups excluding carboxylic acids is 2. The van der Waals surface area contributed by atoms with Gasteiger partial charge in [0.05, 0.1) is 31.7 Å². The van der Waals surface area contributed by atoms with Gasteiger partial charge in [0.25, 0.3) is 5.91 Å². The van der Waals surface area contributed by atoms with Crippen LogP contribution in [0.3, 0.4) is 0 Å². The SMILES string of the molecule is Cc1cc(N2C[C@@]3(F)CN(C(=O)Cc4ccncc4)C[C@@]3(F)C2=O)c(C)s1. The Morgan fingerprint density at radius 1 is 1.22 bits per heavy atom. The fraction of sp³-hybridized carbons (Fsp3) is 0.421. The highest BCUT2D eigenvalue weighted by Gasteiger charge is 2.72. The molecule has 2 fully saturated rings. The molecule has 4 rings (SSSR count). The maximum Gasteiger partial charge on any atom is 0.270 e. The van der Waals surface area contributed by atoms with E-state index in [4.69, 9.17) is 0 Å². The van der Waals surface area contributed by atoms with E-state index in [2.05, 4.69) is 4.98 Å². The van der Waals surface area contributed by atoms with Crippen molar-refractivity contribution in [3.8, 4) is 0 Å². The van der Waals surface area contributed by atoms with Crippen LogP contribution < -0.4 is 4.90 Å². The molecule has 0 saturated carbocycles. The van der Waals surface area contributed by atoms with Gasteiger partial charge in [-0.25, -0.2) is 8.78 Å². The summed E-state index contributed by atoms with van der Waals surface area (Å²) in [6.45, 7) is 2.37. The Labute approximate surface area is 159 Å². The Balaban J connectivity index is 1.55. The van der Waals surface area contributed by atoms with Crippen LogP contribution in [0.5, 0.6) is 0 Å². The standard InChI is InChI=1S/C19H19F2N3O2S/c1-12-7-15(13(2)27-12)24-10-18(20)9-23(11-19(18,21)17(24)26)16(25)8-14-3-5-22-6-4-14/h3-7H,8-11H2,1-2H3/t18-,19+/m0/s1. The highest BCUT2D eigenvalue weighted by molar-refractivity contribution is 7.12. The molecule has 0 bridgehead atoms. The van der Waals surface area contributed by atoms with Crippen molar-refractivity contribution in [1.29, 1.82) is 0 Å². The molecule has 8 heteroatoms. The average Bonchev–Trinajstić information content (AvgIpc) is 3.16. The molecule has 2 saturated heterocycles. The minimum absolute atomic E-state index is 0.0232. The third-order valence-corrected chi connectivity index (χ3v) is 6.27. The minimum atomic E-state index is -2.71. The van der Waals surface area contributed by atoms with Gasteiger partial charge < -0.3 is 9.80 Å². The zero-order valence-electron chi connectivity index (χ0n) is 15.0. The fourth-order valence-corrected chi connectivity index (χ4v) is 4.83. The predicted molar refractivity (Wildman–Crippen MR) is 98.3 cm³/mol. The van der Waals surface area contributed by atoms with E-state index >= 15 is 8.78 Å². The number of likely N-dealkylation sites (tertiary alicyclic amines) is 1. The summed E-state index contributed by atoms with van der Waals surface area (Å²) in [7, 11) is 0. The van der Waals surface area contributed by atoms with Crippen molar-refractivity contribution in [3.63, 3.8) is 0 Å². The lowest BCUT2D eigenvalue weighted by molar-refractivity contribution is -0.132. The summed E-state index contributed by atoms with van der Waals surface area (Å²) in [5.74, 6) is -1.29. The van der Waals surface area contributed by atoms with E-state index in [1.807, 2.05) is 13.8 Å². The van der Waals surface area contributed by atoms with Crippen molar-refractivity contribution in [3.05, 3.63) is 45.9 Å². The first-order chi connectivity index (χ1) is 12.7. The maximum atomic E-state index is 15.5. The summed E-state index contributed by atoms with van der Waals surface area (Å²) in [4.78, 5) is 33.3. The summed E-state index contributed by atoms with van der Waals surface area (Å²) in [6.07, 6.45) is 3.14. The van der Waals surface area contributed by atoms with Crippen LogP contribution in [0.15, 0.2) is 30.6 Å². The molecule has 0 N–H and O–H groups in total. The number of thiophene rings is 1. The van der Waals surface area contributed by atoms with Gasteiger partial charge in [0.15, 0.2) is 5.67 Å². The lowest BCUT2D eigenvalue weighted by Crippen LogP contribution is -2.47. The molecule has 0 spiro atoms. The number of hydrogen-bond donors (Lipinski definition) is 0. The van der Waals surface area contributed by atoms with Crippen molar-refractivity contribution in [1.82, 2.24) is 9.88 Å². The molecule has 2 aromatic heterocycles. The van der Waals surface area contributed by atoms with Gasteiger partial charge in [-0.3, -0.25) is 14.6 Å². The molecule has 2 atom stereocenters. The van der Waals surface area contributed by atoms with E-state index in [-0.39, 0.29) is 13.0 Å². The monoisotopic (exact) mass is 391 g/mol. The van der Waals surface area contributed by atoms with Crippen LogP contribution in [0.2, 0.25) is 0 Å². The number of alkyl halides is 2. The zero-order valence-corrected chi connectivity index (χ0v) is 15.9. The predicted octanol–water partition coefficient (Wildman–Crippen LogP) is 2.61. The normalized spacial score (nSPS) is 27.3. The van der Waals surface area contributed by atoms with Crippen LogP contribution in [0.4, 0.5) is 14.5 Å². The Bertz CT molecular complexity index is 919. The molecule has 142 valence electrons. The zero-order chi connectivity index (χ0) is 19.4. The first kappa shape index (κ1) is 18.0. The molecule has 0 unspecified atom stereocenters. The van der Waals surface area contributed by atoms with Gasteiger partial charge in [-0.2, -0.15) is 0 Å². The largest absolute Gasteiger partial charge is 0.335 e. The van der Waals surface area contributed by atoms with Gasteiger partial charge in [0, 0.05) is 22.1 Å². The van der Waals surface area contributed by atoms with E-state index in [1.165, 1.54) is 16.2 Å². The first-order valence-corrected chi connectivity index (χ1v) is 9.49. The molecule has 2 amide bonds. The number of aromatic nitrogens is 1. The third kappa shape index (κ3) is 2.74. The van der Waals surface area contributed by atoms with E-state index in [0.29, 0.717) is 11.3 Å². The first-order valence-electron chi connectivity index (χ1n) is 8.67. The maximum absolute atomic E-state index is 15.5. The molecule has 2 aliphatic heterocycles. The number of carbonyl (C=O) groups is 2. The van der Waals surface area contributed by atoms with Gasteiger partial charge in [-0.15, -0.1) is 11.3 Å². The molecule has 0 aromatic carbocycles. The summed E-state index contributed by atoms with van der Waals surface area (Å²) < 4.78 is 31.1. The average molecular weight is 391 g/mol. The highest BCUT2D eigenvalue weighted by Crippen LogP contribution is 2.48. The molecule has 2 aromatic rings. The lowest BCUT2D eigenvalue weighted by Gasteiger charge is -2.22. The van der Waals surface area contributed by atoms with Crippen molar-refractivity contribution >= 4 is 28.8 Å². The lowest BCUT2D eigenvalue weighted by atomic mass is 9.93. The van der Waals surface area contributed by atoms with Crippen LogP contribution in [0, 0.1) is 13.8 Å². The van der Waals surface area contributed by atoms with Gasteiger partial charge in [0.1, 0.15) is 0 Å². The number of amides is 2. The molecule has 0 radical (unpaired) electrons. The van der Waals surface area contributed by atoms with Gasteiger partial charge in [-0.05, 0) is 37.6 Å². The van der Waals surface area contributed by atoms with E-state index in [0.717, 1.165) is 14.7 Å². The Morgan fingerprint density at radius 3 is 2.52 bits per heavy atom. The number of pyridine rings is 1. The second-order valence-electron chi connectivity index (χ2n) is 7.24. The second-order valence-corrected chi connectivity index (χ2v) is 8.70. The Hall–Kier alpha value is -2.35. The number of anilines is 1. The number of nitrogens with zero attached hydrogens (tertiary/aromatic N) is 3. The smallest absolute Gasteiger partial charge is 0.270 e. The summed E-state index contributed by atoms with van der Waals surface area (Å²) in [5, 5.41) is 0. The van der Waals surface area contributed by atoms with E-state index < -0.39 is 36.2 Å². The number of aryl methyl sites for hydroxylation is 2. The van der Waals surface area contributed by atoms with E-state index in [1.54, 1.807) is 30.6 Å². The van der Waals surface area contributed by atoms with Crippen molar-refractivity contribution in [2.24, 2.45) is 0 Å². The highest BCUT2D eigenvalue weighted by atomic mass is 32.1. The Kier molecular flexibility index (Phi) is 4.06. The Morgan fingerprint density at radius 2 is 1.93 bits per heavy atom. The van der Waals surface area contributed by atoms with Gasteiger partial charge >= 0.3 is 0 Å². The van der Waals surface area contributed by atoms with E-state index in [9.17, 15) is 9.59 Å². The molecular formula is C19H19F2N3O2S. The number of fused-ring (bicyclic) bond motifs is 1. The van der Waals surface area contributed by atoms with Crippen LogP contribution >= 0.6 is 11.3 Å². The molecule has 2 aliphatic rings. The van der Waals surface area contributed by atoms with Crippen molar-refractivity contribution in [2.45, 2.75) is 31.6 Å². The van der Waals surface area contributed by atoms with Crippen LogP contribution in [-0.2, 0) is 16.0 Å². The number of hydrogen-bond acceptors (Lipinski definition) is 4.